The maximum atomic E-state index is 13.0. The highest BCUT2D eigenvalue weighted by molar-refractivity contribution is 5.92. The first-order chi connectivity index (χ1) is 6.63. The minimum absolute atomic E-state index is 0.0513. The number of halogens is 1. The quantitative estimate of drug-likeness (QED) is 0.624. The lowest BCUT2D eigenvalue weighted by atomic mass is 10.1. The molecule has 0 bridgehead atoms. The Morgan fingerprint density at radius 3 is 2.86 bits per heavy atom. The molecule has 3 nitrogen and oxygen atoms in total. The Labute approximate surface area is 80.4 Å². The molecule has 0 aliphatic rings. The number of amides is 1. The summed E-state index contributed by atoms with van der Waals surface area (Å²) in [7, 11) is 0. The highest BCUT2D eigenvalue weighted by Crippen LogP contribution is 2.09. The Morgan fingerprint density at radius 1 is 1.57 bits per heavy atom. The molecule has 72 valence electrons. The van der Waals surface area contributed by atoms with E-state index in [1.807, 2.05) is 5.92 Å². The second kappa shape index (κ2) is 4.40. The second-order valence-electron chi connectivity index (χ2n) is 2.59. The molecule has 0 atom stereocenters. The third-order valence-electron chi connectivity index (χ3n) is 1.53. The Morgan fingerprint density at radius 2 is 2.29 bits per heavy atom. The van der Waals surface area contributed by atoms with Gasteiger partial charge in [-0.2, -0.15) is 0 Å². The average molecular weight is 193 g/mol. The average Bonchev–Trinajstić information content (AvgIpc) is 2.16. The monoisotopic (exact) mass is 193 g/mol. The molecule has 0 aromatic heterocycles. The Kier molecular flexibility index (Phi) is 3.21. The molecule has 1 rings (SSSR count). The summed E-state index contributed by atoms with van der Waals surface area (Å²) in [5.74, 6) is 2.93. The van der Waals surface area contributed by atoms with Crippen LogP contribution in [0.4, 0.5) is 4.39 Å². The van der Waals surface area contributed by atoms with E-state index in [0.717, 1.165) is 0 Å². The first-order valence-corrected chi connectivity index (χ1v) is 3.84. The van der Waals surface area contributed by atoms with Crippen LogP contribution in [0.2, 0.25) is 0 Å². The van der Waals surface area contributed by atoms with Gasteiger partial charge in [-0.15, -0.1) is 0 Å². The van der Waals surface area contributed by atoms with E-state index < -0.39 is 11.7 Å². The lowest BCUT2D eigenvalue weighted by Crippen LogP contribution is -2.06. The van der Waals surface area contributed by atoms with Gasteiger partial charge in [0, 0.05) is 5.92 Å². The number of rotatable bonds is 1. The molecule has 0 fully saturated rings. The lowest BCUT2D eigenvalue weighted by molar-refractivity contribution is -0.112. The van der Waals surface area contributed by atoms with E-state index in [1.54, 1.807) is 0 Å². The van der Waals surface area contributed by atoms with Crippen molar-refractivity contribution in [3.05, 3.63) is 35.1 Å². The van der Waals surface area contributed by atoms with Gasteiger partial charge in [0.05, 0.1) is 12.2 Å². The standard InChI is InChI=1S/C10H8FNO2/c11-9-3-1-7(6-13)5-8(9)2-4-10(12)14/h1,3,5,13H,6H2,(H2,12,14). The fourth-order valence-electron chi connectivity index (χ4n) is 0.896. The molecule has 0 radical (unpaired) electrons. The van der Waals surface area contributed by atoms with Crippen molar-refractivity contribution in [1.82, 2.24) is 0 Å². The molecule has 14 heavy (non-hydrogen) atoms. The summed E-state index contributed by atoms with van der Waals surface area (Å²) < 4.78 is 13.0. The van der Waals surface area contributed by atoms with Gasteiger partial charge >= 0.3 is 0 Å². The van der Waals surface area contributed by atoms with E-state index in [9.17, 15) is 9.18 Å². The molecular formula is C10H8FNO2. The van der Waals surface area contributed by atoms with Crippen molar-refractivity contribution in [3.63, 3.8) is 0 Å². The van der Waals surface area contributed by atoms with Gasteiger partial charge in [0.1, 0.15) is 5.82 Å². The number of primary amides is 1. The molecule has 0 saturated carbocycles. The number of nitrogens with two attached hydrogens (primary N) is 1. The van der Waals surface area contributed by atoms with Crippen LogP contribution in [0.15, 0.2) is 18.2 Å². The maximum absolute atomic E-state index is 13.0. The largest absolute Gasteiger partial charge is 0.392 e. The van der Waals surface area contributed by atoms with E-state index in [1.165, 1.54) is 18.2 Å². The van der Waals surface area contributed by atoms with E-state index >= 15 is 0 Å². The van der Waals surface area contributed by atoms with Crippen LogP contribution in [0.5, 0.6) is 0 Å². The summed E-state index contributed by atoms with van der Waals surface area (Å²) in [6.07, 6.45) is 0. The third kappa shape index (κ3) is 2.57. The molecule has 0 spiro atoms. The highest BCUT2D eigenvalue weighted by atomic mass is 19.1. The number of hydrogen-bond donors (Lipinski definition) is 2. The second-order valence-corrected chi connectivity index (χ2v) is 2.59. The summed E-state index contributed by atoms with van der Waals surface area (Å²) in [5, 5.41) is 8.77. The molecule has 0 heterocycles. The predicted octanol–water partition coefficient (Wildman–Crippen LogP) is 0.155. The fraction of sp³-hybridized carbons (Fsp3) is 0.100. The van der Waals surface area contributed by atoms with E-state index in [0.29, 0.717) is 5.56 Å². The summed E-state index contributed by atoms with van der Waals surface area (Å²) in [4.78, 5) is 10.3. The molecule has 3 N–H and O–H groups in total. The molecular weight excluding hydrogens is 185 g/mol. The van der Waals surface area contributed by atoms with Gasteiger partial charge < -0.3 is 10.8 Å². The van der Waals surface area contributed by atoms with E-state index in [2.05, 4.69) is 5.92 Å². The first kappa shape index (κ1) is 10.2. The van der Waals surface area contributed by atoms with E-state index in [-0.39, 0.29) is 12.2 Å². The van der Waals surface area contributed by atoms with Gasteiger partial charge in [-0.25, -0.2) is 4.39 Å². The van der Waals surface area contributed by atoms with Crippen LogP contribution in [-0.4, -0.2) is 11.0 Å². The first-order valence-electron chi connectivity index (χ1n) is 3.84. The molecule has 1 aromatic rings. The molecule has 4 heteroatoms. The van der Waals surface area contributed by atoms with Crippen LogP contribution in [0.3, 0.4) is 0 Å². The van der Waals surface area contributed by atoms with Crippen molar-refractivity contribution in [2.24, 2.45) is 5.73 Å². The van der Waals surface area contributed by atoms with Crippen molar-refractivity contribution >= 4 is 5.91 Å². The van der Waals surface area contributed by atoms with Gasteiger partial charge in [0.25, 0.3) is 5.91 Å². The number of aliphatic hydroxyl groups excluding tert-OH is 1. The van der Waals surface area contributed by atoms with Gasteiger partial charge in [0.15, 0.2) is 0 Å². The number of carbonyl (C=O) groups is 1. The van der Waals surface area contributed by atoms with Gasteiger partial charge in [-0.05, 0) is 17.7 Å². The number of benzene rings is 1. The van der Waals surface area contributed by atoms with Crippen LogP contribution in [-0.2, 0) is 11.4 Å². The van der Waals surface area contributed by atoms with Crippen LogP contribution in [0, 0.1) is 17.7 Å². The molecule has 0 aliphatic heterocycles. The van der Waals surface area contributed by atoms with Crippen molar-refractivity contribution in [1.29, 1.82) is 0 Å². The number of hydrogen-bond acceptors (Lipinski definition) is 2. The zero-order valence-corrected chi connectivity index (χ0v) is 7.25. The topological polar surface area (TPSA) is 63.3 Å². The minimum atomic E-state index is -0.821. The summed E-state index contributed by atoms with van der Waals surface area (Å²) in [6, 6.07) is 3.98. The van der Waals surface area contributed by atoms with Crippen LogP contribution < -0.4 is 5.73 Å². The maximum Gasteiger partial charge on any atom is 0.293 e. The van der Waals surface area contributed by atoms with E-state index in [4.69, 9.17) is 10.8 Å². The van der Waals surface area contributed by atoms with Crippen molar-refractivity contribution in [2.45, 2.75) is 6.61 Å². The zero-order chi connectivity index (χ0) is 10.6. The smallest absolute Gasteiger partial charge is 0.293 e. The highest BCUT2D eigenvalue weighted by Gasteiger charge is 2.00. The predicted molar refractivity (Wildman–Crippen MR) is 48.4 cm³/mol. The number of carbonyl (C=O) groups excluding carboxylic acids is 1. The van der Waals surface area contributed by atoms with Crippen molar-refractivity contribution in [2.75, 3.05) is 0 Å². The zero-order valence-electron chi connectivity index (χ0n) is 7.25. The van der Waals surface area contributed by atoms with Crippen molar-refractivity contribution < 1.29 is 14.3 Å². The van der Waals surface area contributed by atoms with Gasteiger partial charge in [0.2, 0.25) is 0 Å². The van der Waals surface area contributed by atoms with Crippen LogP contribution >= 0.6 is 0 Å². The van der Waals surface area contributed by atoms with Crippen LogP contribution in [0.1, 0.15) is 11.1 Å². The SMILES string of the molecule is NC(=O)C#Cc1cc(CO)ccc1F. The van der Waals surface area contributed by atoms with Gasteiger partial charge in [-0.1, -0.05) is 12.0 Å². The minimum Gasteiger partial charge on any atom is -0.392 e. The molecule has 1 aromatic carbocycles. The molecule has 0 unspecified atom stereocenters. The number of aliphatic hydroxyl groups is 1. The molecule has 0 aliphatic carbocycles. The van der Waals surface area contributed by atoms with Crippen molar-refractivity contribution in [3.8, 4) is 11.8 Å². The molecule has 1 amide bonds. The van der Waals surface area contributed by atoms with Crippen LogP contribution in [0.25, 0.3) is 0 Å². The lowest BCUT2D eigenvalue weighted by Gasteiger charge is -1.97. The summed E-state index contributed by atoms with van der Waals surface area (Å²) >= 11 is 0. The molecule has 0 saturated heterocycles. The normalized spacial score (nSPS) is 9.00. The fourth-order valence-corrected chi connectivity index (χ4v) is 0.896. The summed E-state index contributed by atoms with van der Waals surface area (Å²) in [6.45, 7) is -0.203. The summed E-state index contributed by atoms with van der Waals surface area (Å²) in [5.41, 5.74) is 5.36. The third-order valence-corrected chi connectivity index (χ3v) is 1.53. The Bertz CT molecular complexity index is 418. The Hall–Kier alpha value is -1.86. The van der Waals surface area contributed by atoms with Gasteiger partial charge in [-0.3, -0.25) is 4.79 Å². The Balaban J connectivity index is 3.08.